The summed E-state index contributed by atoms with van der Waals surface area (Å²) in [6.07, 6.45) is 1.34. The maximum absolute atomic E-state index is 12.2. The summed E-state index contributed by atoms with van der Waals surface area (Å²) in [6, 6.07) is 15.7. The second-order valence-corrected chi connectivity index (χ2v) is 5.97. The van der Waals surface area contributed by atoms with E-state index in [-0.39, 0.29) is 11.6 Å². The Balaban J connectivity index is 1.63. The molecule has 3 rings (SSSR count). The molecule has 3 aromatic rings. The van der Waals surface area contributed by atoms with Crippen LogP contribution < -0.4 is 10.7 Å². The lowest BCUT2D eigenvalue weighted by Gasteiger charge is -2.04. The van der Waals surface area contributed by atoms with Crippen molar-refractivity contribution in [1.29, 1.82) is 0 Å². The van der Waals surface area contributed by atoms with Crippen LogP contribution in [0, 0.1) is 10.1 Å². The Labute approximate surface area is 165 Å². The lowest BCUT2D eigenvalue weighted by molar-refractivity contribution is -0.384. The van der Waals surface area contributed by atoms with Gasteiger partial charge in [-0.15, -0.1) is 0 Å². The third-order valence-corrected chi connectivity index (χ3v) is 3.79. The summed E-state index contributed by atoms with van der Waals surface area (Å²) < 4.78 is 5.60. The van der Waals surface area contributed by atoms with Crippen LogP contribution in [0.2, 0.25) is 0 Å². The number of carbonyl (C=O) groups excluding carboxylic acids is 2. The van der Waals surface area contributed by atoms with E-state index in [1.165, 1.54) is 31.3 Å². The molecule has 1 aromatic heterocycles. The minimum atomic E-state index is -0.474. The zero-order valence-corrected chi connectivity index (χ0v) is 15.3. The number of hydrazone groups is 1. The topological polar surface area (TPSA) is 127 Å². The number of nitrogens with one attached hydrogen (secondary N) is 2. The third-order valence-electron chi connectivity index (χ3n) is 3.79. The Hall–Kier alpha value is -4.27. The highest BCUT2D eigenvalue weighted by Crippen LogP contribution is 2.24. The van der Waals surface area contributed by atoms with Crippen LogP contribution in [0.5, 0.6) is 0 Å². The first-order valence-corrected chi connectivity index (χ1v) is 8.48. The second kappa shape index (κ2) is 8.61. The number of nitrogens with zero attached hydrogens (tertiary/aromatic N) is 2. The van der Waals surface area contributed by atoms with Crippen LogP contribution in [0.1, 0.15) is 23.0 Å². The molecule has 2 aromatic carbocycles. The molecule has 9 nitrogen and oxygen atoms in total. The minimum Gasteiger partial charge on any atom is -0.455 e. The van der Waals surface area contributed by atoms with Gasteiger partial charge in [-0.1, -0.05) is 6.07 Å². The highest BCUT2D eigenvalue weighted by atomic mass is 16.6. The van der Waals surface area contributed by atoms with E-state index in [0.717, 1.165) is 0 Å². The van der Waals surface area contributed by atoms with Gasteiger partial charge in [0.05, 0.1) is 11.1 Å². The predicted octanol–water partition coefficient (Wildman–Crippen LogP) is 3.58. The largest absolute Gasteiger partial charge is 0.455 e. The first-order valence-electron chi connectivity index (χ1n) is 8.48. The first kappa shape index (κ1) is 19.5. The highest BCUT2D eigenvalue weighted by Gasteiger charge is 2.09. The van der Waals surface area contributed by atoms with Crippen LogP contribution in [-0.4, -0.2) is 23.0 Å². The summed E-state index contributed by atoms with van der Waals surface area (Å²) in [6.45, 7) is 1.38. The number of carbonyl (C=O) groups is 2. The van der Waals surface area contributed by atoms with Gasteiger partial charge in [0.2, 0.25) is 5.91 Å². The third kappa shape index (κ3) is 5.13. The molecule has 0 bridgehead atoms. The Kier molecular flexibility index (Phi) is 5.79. The van der Waals surface area contributed by atoms with Crippen molar-refractivity contribution in [3.63, 3.8) is 0 Å². The summed E-state index contributed by atoms with van der Waals surface area (Å²) >= 11 is 0. The molecule has 0 aliphatic carbocycles. The fourth-order valence-corrected chi connectivity index (χ4v) is 2.49. The Morgan fingerprint density at radius 1 is 1.10 bits per heavy atom. The molecule has 1 heterocycles. The zero-order valence-electron chi connectivity index (χ0n) is 15.3. The number of anilines is 1. The molecule has 0 aliphatic heterocycles. The summed E-state index contributed by atoms with van der Waals surface area (Å²) in [7, 11) is 0. The van der Waals surface area contributed by atoms with Crippen LogP contribution in [0.3, 0.4) is 0 Å². The molecule has 0 atom stereocenters. The van der Waals surface area contributed by atoms with Crippen molar-refractivity contribution in [2.24, 2.45) is 5.10 Å². The van der Waals surface area contributed by atoms with Crippen molar-refractivity contribution < 1.29 is 18.9 Å². The molecule has 2 N–H and O–H groups in total. The van der Waals surface area contributed by atoms with E-state index in [0.29, 0.717) is 28.3 Å². The summed E-state index contributed by atoms with van der Waals surface area (Å²) in [5, 5.41) is 17.2. The van der Waals surface area contributed by atoms with Gasteiger partial charge in [-0.2, -0.15) is 5.10 Å². The van der Waals surface area contributed by atoms with E-state index in [1.54, 1.807) is 42.5 Å². The molecule has 2 amide bonds. The standard InChI is InChI=1S/C20H16N4O5/c1-13(25)22-16-4-2-3-15(11-16)20(26)23-21-12-18-9-10-19(29-18)14-5-7-17(8-6-14)24(27)28/h2-12H,1H3,(H,22,25)(H,23,26). The normalized spacial score (nSPS) is 10.7. The minimum absolute atomic E-state index is 0.00706. The summed E-state index contributed by atoms with van der Waals surface area (Å²) in [4.78, 5) is 33.5. The van der Waals surface area contributed by atoms with Crippen molar-refractivity contribution in [2.75, 3.05) is 5.32 Å². The number of nitro benzene ring substituents is 1. The zero-order chi connectivity index (χ0) is 20.8. The molecule has 0 saturated heterocycles. The average molecular weight is 392 g/mol. The number of benzene rings is 2. The molecule has 9 heteroatoms. The monoisotopic (exact) mass is 392 g/mol. The van der Waals surface area contributed by atoms with E-state index in [2.05, 4.69) is 15.8 Å². The van der Waals surface area contributed by atoms with Gasteiger partial charge in [-0.05, 0) is 42.5 Å². The molecule has 29 heavy (non-hydrogen) atoms. The SMILES string of the molecule is CC(=O)Nc1cccc(C(=O)NN=Cc2ccc(-c3ccc([N+](=O)[O-])cc3)o2)c1. The van der Waals surface area contributed by atoms with Gasteiger partial charge in [0.15, 0.2) is 0 Å². The Morgan fingerprint density at radius 2 is 1.86 bits per heavy atom. The van der Waals surface area contributed by atoms with Gasteiger partial charge in [0, 0.05) is 35.9 Å². The Bertz CT molecular complexity index is 1090. The number of non-ortho nitro benzene ring substituents is 1. The van der Waals surface area contributed by atoms with Crippen LogP contribution in [0.25, 0.3) is 11.3 Å². The number of hydrogen-bond donors (Lipinski definition) is 2. The molecule has 146 valence electrons. The van der Waals surface area contributed by atoms with E-state index < -0.39 is 10.8 Å². The molecule has 0 saturated carbocycles. The van der Waals surface area contributed by atoms with Crippen LogP contribution in [0.15, 0.2) is 70.2 Å². The van der Waals surface area contributed by atoms with Gasteiger partial charge in [0.1, 0.15) is 11.5 Å². The smallest absolute Gasteiger partial charge is 0.271 e. The van der Waals surface area contributed by atoms with E-state index in [9.17, 15) is 19.7 Å². The van der Waals surface area contributed by atoms with Crippen LogP contribution in [-0.2, 0) is 4.79 Å². The van der Waals surface area contributed by atoms with Crippen molar-refractivity contribution in [3.05, 3.63) is 82.1 Å². The van der Waals surface area contributed by atoms with Crippen molar-refractivity contribution in [1.82, 2.24) is 5.43 Å². The van der Waals surface area contributed by atoms with E-state index in [1.807, 2.05) is 0 Å². The fourth-order valence-electron chi connectivity index (χ4n) is 2.49. The number of nitro groups is 1. The molecule has 0 unspecified atom stereocenters. The average Bonchev–Trinajstić information content (AvgIpc) is 3.16. The molecule has 0 fully saturated rings. The summed E-state index contributed by atoms with van der Waals surface area (Å²) in [5.41, 5.74) is 3.89. The van der Waals surface area contributed by atoms with Crippen LogP contribution >= 0.6 is 0 Å². The second-order valence-electron chi connectivity index (χ2n) is 5.97. The molecule has 0 spiro atoms. The van der Waals surface area contributed by atoms with Gasteiger partial charge >= 0.3 is 0 Å². The van der Waals surface area contributed by atoms with E-state index in [4.69, 9.17) is 4.42 Å². The number of furan rings is 1. The van der Waals surface area contributed by atoms with Gasteiger partial charge in [-0.25, -0.2) is 5.43 Å². The maximum Gasteiger partial charge on any atom is 0.271 e. The number of rotatable bonds is 6. The van der Waals surface area contributed by atoms with Crippen molar-refractivity contribution in [3.8, 4) is 11.3 Å². The van der Waals surface area contributed by atoms with Gasteiger partial charge in [-0.3, -0.25) is 19.7 Å². The van der Waals surface area contributed by atoms with Gasteiger partial charge < -0.3 is 9.73 Å². The maximum atomic E-state index is 12.2. The number of amides is 2. The first-order chi connectivity index (χ1) is 13.9. The molecular formula is C20H16N4O5. The number of hydrogen-bond acceptors (Lipinski definition) is 6. The Morgan fingerprint density at radius 3 is 2.55 bits per heavy atom. The lowest BCUT2D eigenvalue weighted by atomic mass is 10.1. The van der Waals surface area contributed by atoms with Crippen LogP contribution in [0.4, 0.5) is 11.4 Å². The van der Waals surface area contributed by atoms with Gasteiger partial charge in [0.25, 0.3) is 11.6 Å². The molecule has 0 aliphatic rings. The molecule has 0 radical (unpaired) electrons. The van der Waals surface area contributed by atoms with Crippen molar-refractivity contribution >= 4 is 29.4 Å². The molecular weight excluding hydrogens is 376 g/mol. The predicted molar refractivity (Wildman–Crippen MR) is 107 cm³/mol. The van der Waals surface area contributed by atoms with Crippen molar-refractivity contribution in [2.45, 2.75) is 6.92 Å². The summed E-state index contributed by atoms with van der Waals surface area (Å²) in [5.74, 6) is 0.221. The quantitative estimate of drug-likeness (QED) is 0.377. The lowest BCUT2D eigenvalue weighted by Crippen LogP contribution is -2.18. The fraction of sp³-hybridized carbons (Fsp3) is 0.0500. The highest BCUT2D eigenvalue weighted by molar-refractivity contribution is 5.97. The van der Waals surface area contributed by atoms with E-state index >= 15 is 0 Å².